The van der Waals surface area contributed by atoms with Crippen molar-refractivity contribution in [2.75, 3.05) is 19.0 Å². The van der Waals surface area contributed by atoms with Crippen LogP contribution in [0, 0.1) is 13.8 Å². The minimum absolute atomic E-state index is 0.807. The van der Waals surface area contributed by atoms with Crippen LogP contribution in [-0.4, -0.2) is 14.1 Å². The van der Waals surface area contributed by atoms with Gasteiger partial charge < -0.3 is 13.9 Å². The zero-order valence-corrected chi connectivity index (χ0v) is 19.8. The van der Waals surface area contributed by atoms with Gasteiger partial charge in [-0.3, -0.25) is 0 Å². The lowest BCUT2D eigenvalue weighted by molar-refractivity contribution is 0.500. The molecule has 0 radical (unpaired) electrons. The lowest BCUT2D eigenvalue weighted by atomic mass is 10.0. The van der Waals surface area contributed by atoms with E-state index in [9.17, 15) is 0 Å². The first-order chi connectivity index (χ1) is 15.5. The monoisotopic (exact) mass is 441 g/mol. The molecule has 0 saturated heterocycles. The summed E-state index contributed by atoms with van der Waals surface area (Å²) in [6, 6.07) is 33.0. The molecule has 0 bridgehead atoms. The van der Waals surface area contributed by atoms with Crippen LogP contribution in [0.5, 0.6) is 11.5 Å². The molecule has 3 nitrogen and oxygen atoms in total. The second-order valence-electron chi connectivity index (χ2n) is 7.95. The second kappa shape index (κ2) is 9.89. The van der Waals surface area contributed by atoms with Gasteiger partial charge in [0.1, 0.15) is 11.5 Å². The molecule has 4 aromatic rings. The Bertz CT molecular complexity index is 1190. The Morgan fingerprint density at radius 1 is 0.625 bits per heavy atom. The third kappa shape index (κ3) is 4.95. The van der Waals surface area contributed by atoms with Gasteiger partial charge in [-0.2, -0.15) is 0 Å². The van der Waals surface area contributed by atoms with Crippen molar-refractivity contribution in [3.63, 3.8) is 0 Å². The molecule has 0 N–H and O–H groups in total. The minimum atomic E-state index is -1.38. The Morgan fingerprint density at radius 3 is 1.97 bits per heavy atom. The van der Waals surface area contributed by atoms with Crippen LogP contribution >= 0.6 is 8.38 Å². The van der Waals surface area contributed by atoms with E-state index in [0.717, 1.165) is 39.2 Å². The molecule has 0 aromatic heterocycles. The average Bonchev–Trinajstić information content (AvgIpc) is 2.81. The van der Waals surface area contributed by atoms with E-state index in [4.69, 9.17) is 9.05 Å². The largest absolute Gasteiger partial charge is 0.435 e. The molecule has 0 aliphatic carbocycles. The Kier molecular flexibility index (Phi) is 6.78. The fourth-order valence-electron chi connectivity index (χ4n) is 3.61. The highest BCUT2D eigenvalue weighted by Crippen LogP contribution is 2.45. The Hall–Kier alpha value is -3.29. The Balaban J connectivity index is 1.74. The van der Waals surface area contributed by atoms with E-state index in [1.165, 1.54) is 5.56 Å². The molecule has 0 aliphatic rings. The third-order valence-corrected chi connectivity index (χ3v) is 6.67. The molecular weight excluding hydrogens is 413 g/mol. The van der Waals surface area contributed by atoms with Gasteiger partial charge in [-0.1, -0.05) is 72.3 Å². The molecule has 32 heavy (non-hydrogen) atoms. The van der Waals surface area contributed by atoms with Gasteiger partial charge in [-0.05, 0) is 49.7 Å². The first-order valence-corrected chi connectivity index (χ1v) is 11.8. The van der Waals surface area contributed by atoms with Crippen molar-refractivity contribution < 1.29 is 9.05 Å². The summed E-state index contributed by atoms with van der Waals surface area (Å²) < 4.78 is 13.1. The number of para-hydroxylation sites is 2. The van der Waals surface area contributed by atoms with Gasteiger partial charge in [0.2, 0.25) is 0 Å². The average molecular weight is 442 g/mol. The van der Waals surface area contributed by atoms with Crippen LogP contribution in [-0.2, 0) is 0 Å². The molecule has 0 spiro atoms. The second-order valence-corrected chi connectivity index (χ2v) is 9.35. The molecule has 4 aromatic carbocycles. The summed E-state index contributed by atoms with van der Waals surface area (Å²) in [5, 5.41) is 1.03. The van der Waals surface area contributed by atoms with Gasteiger partial charge in [0, 0.05) is 30.9 Å². The maximum Gasteiger partial charge on any atom is 0.326 e. The predicted molar refractivity (Wildman–Crippen MR) is 136 cm³/mol. The first kappa shape index (κ1) is 21.9. The number of hydrogen-bond acceptors (Lipinski definition) is 3. The molecule has 162 valence electrons. The molecule has 1 atom stereocenters. The van der Waals surface area contributed by atoms with E-state index in [-0.39, 0.29) is 0 Å². The van der Waals surface area contributed by atoms with Crippen molar-refractivity contribution >= 4 is 19.4 Å². The lowest BCUT2D eigenvalue weighted by Crippen LogP contribution is -2.11. The predicted octanol–water partition coefficient (Wildman–Crippen LogP) is 7.13. The van der Waals surface area contributed by atoms with Crippen LogP contribution in [0.2, 0.25) is 0 Å². The number of hydrogen-bond donors (Lipinski definition) is 0. The van der Waals surface area contributed by atoms with Crippen molar-refractivity contribution in [1.29, 1.82) is 0 Å². The smallest absolute Gasteiger partial charge is 0.326 e. The van der Waals surface area contributed by atoms with E-state index in [2.05, 4.69) is 87.4 Å². The van der Waals surface area contributed by atoms with Crippen LogP contribution in [0.3, 0.4) is 0 Å². The number of aryl methyl sites for hydroxylation is 2. The van der Waals surface area contributed by atoms with Crippen molar-refractivity contribution in [1.82, 2.24) is 0 Å². The van der Waals surface area contributed by atoms with Crippen molar-refractivity contribution in [3.8, 4) is 22.6 Å². The maximum absolute atomic E-state index is 6.63. The van der Waals surface area contributed by atoms with Crippen LogP contribution in [0.4, 0.5) is 5.69 Å². The van der Waals surface area contributed by atoms with Crippen LogP contribution in [0.15, 0.2) is 97.1 Å². The fourth-order valence-corrected chi connectivity index (χ4v) is 5.00. The highest BCUT2D eigenvalue weighted by atomic mass is 31.2. The van der Waals surface area contributed by atoms with Gasteiger partial charge in [0.05, 0.1) is 5.30 Å². The summed E-state index contributed by atoms with van der Waals surface area (Å²) in [6.07, 6.45) is 0. The van der Waals surface area contributed by atoms with E-state index >= 15 is 0 Å². The standard InChI is InChI=1S/C28H28NO2P/c1-21-18-19-27(22(2)20-21)30-32(23-12-6-5-7-13-23)31-28-17-11-9-15-25(28)24-14-8-10-16-26(24)29(3)4/h5-20H,1-4H3. The molecule has 1 unspecified atom stereocenters. The summed E-state index contributed by atoms with van der Waals surface area (Å²) in [5.41, 5.74) is 5.63. The number of anilines is 1. The number of benzene rings is 4. The van der Waals surface area contributed by atoms with E-state index < -0.39 is 8.38 Å². The minimum Gasteiger partial charge on any atom is -0.435 e. The molecule has 0 heterocycles. The highest BCUT2D eigenvalue weighted by Gasteiger charge is 2.21. The van der Waals surface area contributed by atoms with Gasteiger partial charge in [0.25, 0.3) is 0 Å². The zero-order valence-electron chi connectivity index (χ0n) is 18.9. The summed E-state index contributed by atoms with van der Waals surface area (Å²) in [6.45, 7) is 4.16. The van der Waals surface area contributed by atoms with Crippen molar-refractivity contribution in [2.24, 2.45) is 0 Å². The van der Waals surface area contributed by atoms with Crippen LogP contribution in [0.25, 0.3) is 11.1 Å². The molecule has 0 fully saturated rings. The van der Waals surface area contributed by atoms with Crippen LogP contribution < -0.4 is 19.3 Å². The van der Waals surface area contributed by atoms with Gasteiger partial charge in [-0.15, -0.1) is 0 Å². The first-order valence-electron chi connectivity index (χ1n) is 10.7. The molecule has 0 amide bonds. The van der Waals surface area contributed by atoms with Crippen LogP contribution in [0.1, 0.15) is 11.1 Å². The summed E-state index contributed by atoms with van der Waals surface area (Å²) in [7, 11) is 2.74. The fraction of sp³-hybridized carbons (Fsp3) is 0.143. The van der Waals surface area contributed by atoms with E-state index in [0.29, 0.717) is 0 Å². The SMILES string of the molecule is Cc1ccc(OP(Oc2ccccc2-c2ccccc2N(C)C)c2ccccc2)c(C)c1. The normalized spacial score (nSPS) is 11.6. The molecule has 0 aliphatic heterocycles. The van der Waals surface area contributed by atoms with E-state index in [1.807, 2.05) is 42.5 Å². The third-order valence-electron chi connectivity index (χ3n) is 5.22. The number of nitrogens with zero attached hydrogens (tertiary/aromatic N) is 1. The molecular formula is C28H28NO2P. The highest BCUT2D eigenvalue weighted by molar-refractivity contribution is 7.56. The van der Waals surface area contributed by atoms with Gasteiger partial charge in [0.15, 0.2) is 0 Å². The Labute approximate surface area is 192 Å². The van der Waals surface area contributed by atoms with Crippen molar-refractivity contribution in [3.05, 3.63) is 108 Å². The topological polar surface area (TPSA) is 21.7 Å². The molecule has 4 heteroatoms. The maximum atomic E-state index is 6.63. The number of rotatable bonds is 7. The lowest BCUT2D eigenvalue weighted by Gasteiger charge is -2.23. The Morgan fingerprint density at radius 2 is 1.25 bits per heavy atom. The molecule has 0 saturated carbocycles. The van der Waals surface area contributed by atoms with Crippen molar-refractivity contribution in [2.45, 2.75) is 13.8 Å². The van der Waals surface area contributed by atoms with Gasteiger partial charge in [-0.25, -0.2) is 0 Å². The quantitative estimate of drug-likeness (QED) is 0.285. The van der Waals surface area contributed by atoms with E-state index in [1.54, 1.807) is 0 Å². The zero-order chi connectivity index (χ0) is 22.5. The summed E-state index contributed by atoms with van der Waals surface area (Å²) in [4.78, 5) is 2.12. The summed E-state index contributed by atoms with van der Waals surface area (Å²) >= 11 is 0. The summed E-state index contributed by atoms with van der Waals surface area (Å²) in [5.74, 6) is 1.65. The molecule has 4 rings (SSSR count). The van der Waals surface area contributed by atoms with Gasteiger partial charge >= 0.3 is 8.38 Å².